The molecule has 0 aromatic heterocycles. The van der Waals surface area contributed by atoms with E-state index in [0.29, 0.717) is 0 Å². The van der Waals surface area contributed by atoms with Crippen LogP contribution in [0.15, 0.2) is 0 Å². The van der Waals surface area contributed by atoms with Crippen LogP contribution in [0, 0.1) is 11.8 Å². The van der Waals surface area contributed by atoms with E-state index in [2.05, 4.69) is 30.6 Å². The number of nitrogens with zero attached hydrogens (tertiary/aromatic N) is 2. The van der Waals surface area contributed by atoms with E-state index in [0.717, 1.165) is 17.9 Å². The molecule has 0 bridgehead atoms. The highest BCUT2D eigenvalue weighted by molar-refractivity contribution is 4.81. The molecule has 1 aliphatic carbocycles. The van der Waals surface area contributed by atoms with E-state index in [9.17, 15) is 0 Å². The molecule has 2 nitrogen and oxygen atoms in total. The SMILES string of the molecule is CCN(CC)C1CCN(CC2CCC(C)CC2)CC1. The molecule has 1 aliphatic heterocycles. The molecule has 2 aliphatic rings. The molecule has 0 unspecified atom stereocenters. The van der Waals surface area contributed by atoms with E-state index < -0.39 is 0 Å². The zero-order valence-corrected chi connectivity index (χ0v) is 13.4. The lowest BCUT2D eigenvalue weighted by Gasteiger charge is -2.39. The first kappa shape index (κ1) is 15.3. The van der Waals surface area contributed by atoms with Gasteiger partial charge in [-0.15, -0.1) is 0 Å². The predicted molar refractivity (Wildman–Crippen MR) is 83.5 cm³/mol. The Morgan fingerprint density at radius 3 is 2.00 bits per heavy atom. The molecule has 1 saturated carbocycles. The van der Waals surface area contributed by atoms with Crippen molar-refractivity contribution in [3.63, 3.8) is 0 Å². The molecule has 0 radical (unpaired) electrons. The number of likely N-dealkylation sites (tertiary alicyclic amines) is 1. The highest BCUT2D eigenvalue weighted by Gasteiger charge is 2.25. The largest absolute Gasteiger partial charge is 0.303 e. The van der Waals surface area contributed by atoms with E-state index in [-0.39, 0.29) is 0 Å². The molecule has 2 rings (SSSR count). The summed E-state index contributed by atoms with van der Waals surface area (Å²) in [6, 6.07) is 0.859. The third kappa shape index (κ3) is 4.46. The van der Waals surface area contributed by atoms with Crippen LogP contribution < -0.4 is 0 Å². The Hall–Kier alpha value is -0.0800. The standard InChI is InChI=1S/C17H34N2/c1-4-19(5-2)17-10-12-18(13-11-17)14-16-8-6-15(3)7-9-16/h15-17H,4-14H2,1-3H3. The first-order valence-corrected chi connectivity index (χ1v) is 8.69. The molecule has 0 spiro atoms. The number of rotatable bonds is 5. The fraction of sp³-hybridized carbons (Fsp3) is 1.00. The van der Waals surface area contributed by atoms with Gasteiger partial charge in [0.2, 0.25) is 0 Å². The lowest BCUT2D eigenvalue weighted by atomic mass is 9.82. The molecule has 0 aromatic carbocycles. The normalized spacial score (nSPS) is 30.9. The van der Waals surface area contributed by atoms with E-state index in [1.165, 1.54) is 71.2 Å². The molecule has 1 saturated heterocycles. The van der Waals surface area contributed by atoms with Gasteiger partial charge in [0.1, 0.15) is 0 Å². The Balaban J connectivity index is 1.68. The van der Waals surface area contributed by atoms with Crippen molar-refractivity contribution in [3.05, 3.63) is 0 Å². The van der Waals surface area contributed by atoms with Crippen molar-refractivity contribution in [2.45, 2.75) is 65.3 Å². The van der Waals surface area contributed by atoms with Gasteiger partial charge >= 0.3 is 0 Å². The zero-order chi connectivity index (χ0) is 13.7. The Bertz CT molecular complexity index is 234. The van der Waals surface area contributed by atoms with Crippen molar-refractivity contribution in [2.75, 3.05) is 32.7 Å². The maximum absolute atomic E-state index is 2.75. The minimum absolute atomic E-state index is 0.859. The van der Waals surface area contributed by atoms with Crippen molar-refractivity contribution >= 4 is 0 Å². The van der Waals surface area contributed by atoms with Gasteiger partial charge in [-0.3, -0.25) is 0 Å². The molecule has 2 fully saturated rings. The molecular weight excluding hydrogens is 232 g/mol. The maximum atomic E-state index is 2.75. The van der Waals surface area contributed by atoms with Gasteiger partial charge < -0.3 is 9.80 Å². The van der Waals surface area contributed by atoms with Crippen LogP contribution in [0.5, 0.6) is 0 Å². The van der Waals surface area contributed by atoms with Crippen molar-refractivity contribution in [3.8, 4) is 0 Å². The molecule has 0 N–H and O–H groups in total. The van der Waals surface area contributed by atoms with Crippen LogP contribution in [0.25, 0.3) is 0 Å². The average molecular weight is 266 g/mol. The summed E-state index contributed by atoms with van der Waals surface area (Å²) in [5, 5.41) is 0. The second-order valence-electron chi connectivity index (χ2n) is 6.88. The smallest absolute Gasteiger partial charge is 0.0119 e. The van der Waals surface area contributed by atoms with Crippen molar-refractivity contribution < 1.29 is 0 Å². The Labute approximate surface area is 120 Å². The maximum Gasteiger partial charge on any atom is 0.0119 e. The van der Waals surface area contributed by atoms with Gasteiger partial charge in [-0.1, -0.05) is 33.6 Å². The quantitative estimate of drug-likeness (QED) is 0.750. The minimum Gasteiger partial charge on any atom is -0.303 e. The van der Waals surface area contributed by atoms with Crippen LogP contribution in [0.3, 0.4) is 0 Å². The summed E-state index contributed by atoms with van der Waals surface area (Å²) < 4.78 is 0. The summed E-state index contributed by atoms with van der Waals surface area (Å²) >= 11 is 0. The van der Waals surface area contributed by atoms with Crippen LogP contribution in [0.2, 0.25) is 0 Å². The summed E-state index contributed by atoms with van der Waals surface area (Å²) in [6.45, 7) is 13.5. The van der Waals surface area contributed by atoms with E-state index in [1.54, 1.807) is 0 Å². The van der Waals surface area contributed by atoms with Gasteiger partial charge in [0.15, 0.2) is 0 Å². The summed E-state index contributed by atoms with van der Waals surface area (Å²) in [6.07, 6.45) is 8.70. The van der Waals surface area contributed by atoms with Gasteiger partial charge in [-0.25, -0.2) is 0 Å². The topological polar surface area (TPSA) is 6.48 Å². The lowest BCUT2D eigenvalue weighted by molar-refractivity contribution is 0.0973. The van der Waals surface area contributed by atoms with Gasteiger partial charge in [-0.2, -0.15) is 0 Å². The van der Waals surface area contributed by atoms with Gasteiger partial charge in [0.05, 0.1) is 0 Å². The number of piperidine rings is 1. The first-order valence-electron chi connectivity index (χ1n) is 8.69. The van der Waals surface area contributed by atoms with Crippen LogP contribution in [-0.2, 0) is 0 Å². The molecule has 112 valence electrons. The van der Waals surface area contributed by atoms with E-state index in [4.69, 9.17) is 0 Å². The lowest BCUT2D eigenvalue weighted by Crippen LogP contribution is -2.46. The second kappa shape index (κ2) is 7.64. The van der Waals surface area contributed by atoms with Crippen LogP contribution in [0.1, 0.15) is 59.3 Å². The molecule has 2 heteroatoms. The van der Waals surface area contributed by atoms with Crippen LogP contribution in [-0.4, -0.2) is 48.6 Å². The molecule has 1 heterocycles. The fourth-order valence-electron chi connectivity index (χ4n) is 4.08. The Morgan fingerprint density at radius 1 is 0.895 bits per heavy atom. The monoisotopic (exact) mass is 266 g/mol. The minimum atomic E-state index is 0.859. The average Bonchev–Trinajstić information content (AvgIpc) is 2.44. The number of hydrogen-bond acceptors (Lipinski definition) is 2. The van der Waals surface area contributed by atoms with Gasteiger partial charge in [0.25, 0.3) is 0 Å². The Kier molecular flexibility index (Phi) is 6.15. The summed E-state index contributed by atoms with van der Waals surface area (Å²) in [7, 11) is 0. The van der Waals surface area contributed by atoms with E-state index in [1.807, 2.05) is 0 Å². The van der Waals surface area contributed by atoms with Gasteiger partial charge in [0, 0.05) is 12.6 Å². The second-order valence-corrected chi connectivity index (χ2v) is 6.88. The first-order chi connectivity index (χ1) is 9.22. The van der Waals surface area contributed by atoms with E-state index >= 15 is 0 Å². The fourth-order valence-corrected chi connectivity index (χ4v) is 4.08. The molecular formula is C17H34N2. The summed E-state index contributed by atoms with van der Waals surface area (Å²) in [5.74, 6) is 1.99. The van der Waals surface area contributed by atoms with Crippen LogP contribution >= 0.6 is 0 Å². The van der Waals surface area contributed by atoms with Gasteiger partial charge in [-0.05, 0) is 63.7 Å². The van der Waals surface area contributed by atoms with Crippen LogP contribution in [0.4, 0.5) is 0 Å². The highest BCUT2D eigenvalue weighted by Crippen LogP contribution is 2.29. The number of hydrogen-bond donors (Lipinski definition) is 0. The zero-order valence-electron chi connectivity index (χ0n) is 13.4. The van der Waals surface area contributed by atoms with Crippen molar-refractivity contribution in [1.29, 1.82) is 0 Å². The third-order valence-electron chi connectivity index (χ3n) is 5.54. The molecule has 0 aromatic rings. The van der Waals surface area contributed by atoms with Crippen molar-refractivity contribution in [2.24, 2.45) is 11.8 Å². The highest BCUT2D eigenvalue weighted by atomic mass is 15.2. The Morgan fingerprint density at radius 2 is 1.47 bits per heavy atom. The molecule has 0 amide bonds. The predicted octanol–water partition coefficient (Wildman–Crippen LogP) is 3.62. The molecule has 19 heavy (non-hydrogen) atoms. The summed E-state index contributed by atoms with van der Waals surface area (Å²) in [4.78, 5) is 5.40. The third-order valence-corrected chi connectivity index (χ3v) is 5.54. The van der Waals surface area contributed by atoms with Crippen molar-refractivity contribution in [1.82, 2.24) is 9.80 Å². The summed E-state index contributed by atoms with van der Waals surface area (Å²) in [5.41, 5.74) is 0. The molecule has 0 atom stereocenters.